The lowest BCUT2D eigenvalue weighted by molar-refractivity contribution is -0.121. The van der Waals surface area contributed by atoms with E-state index in [4.69, 9.17) is 16.3 Å². The van der Waals surface area contributed by atoms with Crippen molar-refractivity contribution in [2.24, 2.45) is 11.8 Å². The molecule has 2 heterocycles. The molecule has 8 heteroatoms. The predicted molar refractivity (Wildman–Crippen MR) is 126 cm³/mol. The summed E-state index contributed by atoms with van der Waals surface area (Å²) in [5.74, 6) is 0.851. The van der Waals surface area contributed by atoms with Crippen molar-refractivity contribution in [3.05, 3.63) is 52.5 Å². The Balaban J connectivity index is 1.47. The molecule has 6 rings (SSSR count). The molecular formula is C25H27ClN2O4S. The van der Waals surface area contributed by atoms with Crippen LogP contribution in [-0.2, 0) is 26.7 Å². The van der Waals surface area contributed by atoms with Crippen LogP contribution in [0.3, 0.4) is 0 Å². The third-order valence-corrected chi connectivity index (χ3v) is 9.65. The van der Waals surface area contributed by atoms with Crippen molar-refractivity contribution in [2.75, 3.05) is 24.6 Å². The number of amides is 1. The third-order valence-electron chi connectivity index (χ3n) is 8.04. The van der Waals surface area contributed by atoms with E-state index in [2.05, 4.69) is 21.8 Å². The minimum absolute atomic E-state index is 0.101. The zero-order valence-electron chi connectivity index (χ0n) is 18.3. The Morgan fingerprint density at radius 3 is 2.79 bits per heavy atom. The minimum atomic E-state index is -3.92. The average Bonchev–Trinajstić information content (AvgIpc) is 2.92. The number of ether oxygens (including phenoxy) is 1. The van der Waals surface area contributed by atoms with Crippen LogP contribution in [0.15, 0.2) is 41.3 Å². The summed E-state index contributed by atoms with van der Waals surface area (Å²) in [4.78, 5) is 14.9. The molecule has 2 aromatic rings. The Morgan fingerprint density at radius 1 is 1.12 bits per heavy atom. The number of nitrogens with one attached hydrogen (secondary N) is 1. The van der Waals surface area contributed by atoms with Crippen LogP contribution in [0.5, 0.6) is 5.75 Å². The van der Waals surface area contributed by atoms with E-state index < -0.39 is 15.9 Å². The Labute approximate surface area is 199 Å². The lowest BCUT2D eigenvalue weighted by Crippen LogP contribution is -2.48. The molecule has 2 bridgehead atoms. The van der Waals surface area contributed by atoms with Crippen LogP contribution < -0.4 is 14.4 Å². The van der Waals surface area contributed by atoms with Gasteiger partial charge in [-0.05, 0) is 85.4 Å². The molecular weight excluding hydrogens is 460 g/mol. The van der Waals surface area contributed by atoms with Crippen LogP contribution in [0.1, 0.15) is 43.2 Å². The van der Waals surface area contributed by atoms with Crippen molar-refractivity contribution in [3.8, 4) is 5.75 Å². The van der Waals surface area contributed by atoms with Gasteiger partial charge < -0.3 is 9.64 Å². The highest BCUT2D eigenvalue weighted by atomic mass is 35.5. The van der Waals surface area contributed by atoms with Crippen LogP contribution in [-0.4, -0.2) is 34.0 Å². The van der Waals surface area contributed by atoms with Gasteiger partial charge in [0.25, 0.3) is 10.0 Å². The van der Waals surface area contributed by atoms with Gasteiger partial charge in [0.05, 0.1) is 17.2 Å². The maximum Gasteiger partial charge on any atom is 0.264 e. The van der Waals surface area contributed by atoms with E-state index >= 15 is 0 Å². The first kappa shape index (κ1) is 21.3. The van der Waals surface area contributed by atoms with Gasteiger partial charge in [-0.2, -0.15) is 0 Å². The molecule has 0 saturated heterocycles. The molecule has 0 aromatic heterocycles. The highest BCUT2D eigenvalue weighted by Gasteiger charge is 2.44. The van der Waals surface area contributed by atoms with Gasteiger partial charge >= 0.3 is 0 Å². The second-order valence-corrected chi connectivity index (χ2v) is 12.2. The van der Waals surface area contributed by atoms with Crippen molar-refractivity contribution >= 4 is 33.2 Å². The standard InChI is InChI=1S/C25H27ClN2O4S/c26-19-5-7-21-17(10-19)2-1-9-25(21)14-28-13-18-4-3-16(18)11-24(29)27-33(30,31)20-6-8-23(32-15-25)22(28)12-20/h5-8,10,12,16,18H,1-4,9,11,13-15H2,(H,27,29). The maximum atomic E-state index is 12.9. The van der Waals surface area contributed by atoms with Gasteiger partial charge in [0, 0.05) is 29.9 Å². The number of fused-ring (bicyclic) bond motifs is 4. The van der Waals surface area contributed by atoms with Gasteiger partial charge in [0.15, 0.2) is 0 Å². The number of halogens is 1. The predicted octanol–water partition coefficient (Wildman–Crippen LogP) is 4.05. The van der Waals surface area contributed by atoms with E-state index in [1.807, 2.05) is 6.07 Å². The van der Waals surface area contributed by atoms with Crippen LogP contribution in [0, 0.1) is 11.8 Å². The van der Waals surface area contributed by atoms with Crippen molar-refractivity contribution < 1.29 is 17.9 Å². The third kappa shape index (κ3) is 3.60. The van der Waals surface area contributed by atoms with Gasteiger partial charge in [0.1, 0.15) is 5.75 Å². The number of anilines is 1. The first-order valence-electron chi connectivity index (χ1n) is 11.7. The summed E-state index contributed by atoms with van der Waals surface area (Å²) >= 11 is 6.31. The second kappa shape index (κ2) is 7.64. The summed E-state index contributed by atoms with van der Waals surface area (Å²) in [6, 6.07) is 11.1. The number of sulfonamides is 1. The molecule has 2 aliphatic carbocycles. The summed E-state index contributed by atoms with van der Waals surface area (Å²) in [5, 5.41) is 0.753. The monoisotopic (exact) mass is 486 g/mol. The molecule has 6 nitrogen and oxygen atoms in total. The lowest BCUT2D eigenvalue weighted by Gasteiger charge is -2.44. The highest BCUT2D eigenvalue weighted by molar-refractivity contribution is 7.90. The molecule has 33 heavy (non-hydrogen) atoms. The zero-order chi connectivity index (χ0) is 22.8. The molecule has 4 aliphatic rings. The molecule has 1 N–H and O–H groups in total. The molecule has 0 radical (unpaired) electrons. The van der Waals surface area contributed by atoms with Crippen molar-refractivity contribution in [1.82, 2.24) is 4.72 Å². The number of rotatable bonds is 0. The lowest BCUT2D eigenvalue weighted by atomic mass is 9.69. The number of hydrogen-bond acceptors (Lipinski definition) is 5. The molecule has 3 unspecified atom stereocenters. The van der Waals surface area contributed by atoms with E-state index in [0.29, 0.717) is 18.3 Å². The zero-order valence-corrected chi connectivity index (χ0v) is 19.9. The first-order valence-corrected chi connectivity index (χ1v) is 13.6. The fourth-order valence-electron chi connectivity index (χ4n) is 6.18. The van der Waals surface area contributed by atoms with Crippen molar-refractivity contribution in [3.63, 3.8) is 0 Å². The van der Waals surface area contributed by atoms with Crippen LogP contribution in [0.4, 0.5) is 5.69 Å². The first-order chi connectivity index (χ1) is 15.8. The van der Waals surface area contributed by atoms with Crippen LogP contribution in [0.25, 0.3) is 0 Å². The van der Waals surface area contributed by atoms with Crippen molar-refractivity contribution in [2.45, 2.75) is 48.8 Å². The van der Waals surface area contributed by atoms with E-state index in [0.717, 1.165) is 55.9 Å². The fraction of sp³-hybridized carbons (Fsp3) is 0.480. The molecule has 1 saturated carbocycles. The fourth-order valence-corrected chi connectivity index (χ4v) is 7.39. The average molecular weight is 487 g/mol. The number of hydrogen-bond donors (Lipinski definition) is 1. The smallest absolute Gasteiger partial charge is 0.264 e. The summed E-state index contributed by atoms with van der Waals surface area (Å²) in [6.07, 6.45) is 5.33. The number of carbonyl (C=O) groups excluding carboxylic acids is 1. The van der Waals surface area contributed by atoms with E-state index in [1.54, 1.807) is 12.1 Å². The molecule has 1 amide bonds. The number of aryl methyl sites for hydroxylation is 1. The summed E-state index contributed by atoms with van der Waals surface area (Å²) in [6.45, 7) is 2.09. The number of benzene rings is 2. The Bertz CT molecular complexity index is 1250. The molecule has 1 fully saturated rings. The van der Waals surface area contributed by atoms with E-state index in [-0.39, 0.29) is 22.6 Å². The number of nitrogens with zero attached hydrogens (tertiary/aromatic N) is 1. The van der Waals surface area contributed by atoms with Gasteiger partial charge in [-0.3, -0.25) is 4.79 Å². The van der Waals surface area contributed by atoms with Crippen LogP contribution in [0.2, 0.25) is 5.02 Å². The number of carbonyl (C=O) groups is 1. The second-order valence-electron chi connectivity index (χ2n) is 10.1. The van der Waals surface area contributed by atoms with Gasteiger partial charge in [0.2, 0.25) is 5.91 Å². The molecule has 174 valence electrons. The van der Waals surface area contributed by atoms with Crippen LogP contribution >= 0.6 is 11.6 Å². The largest absolute Gasteiger partial charge is 0.490 e. The quantitative estimate of drug-likeness (QED) is 0.608. The maximum absolute atomic E-state index is 12.9. The molecule has 2 aliphatic heterocycles. The Kier molecular flexibility index (Phi) is 4.93. The van der Waals surface area contributed by atoms with Gasteiger partial charge in [-0.1, -0.05) is 17.7 Å². The normalized spacial score (nSPS) is 30.0. The summed E-state index contributed by atoms with van der Waals surface area (Å²) < 4.78 is 34.5. The summed E-state index contributed by atoms with van der Waals surface area (Å²) in [7, 11) is -3.92. The van der Waals surface area contributed by atoms with E-state index in [9.17, 15) is 13.2 Å². The van der Waals surface area contributed by atoms with Crippen molar-refractivity contribution in [1.29, 1.82) is 0 Å². The van der Waals surface area contributed by atoms with Gasteiger partial charge in [-0.15, -0.1) is 0 Å². The topological polar surface area (TPSA) is 75.7 Å². The molecule has 2 aromatic carbocycles. The van der Waals surface area contributed by atoms with E-state index in [1.165, 1.54) is 17.2 Å². The summed E-state index contributed by atoms with van der Waals surface area (Å²) in [5.41, 5.74) is 3.18. The minimum Gasteiger partial charge on any atom is -0.490 e. The molecule has 1 spiro atoms. The highest BCUT2D eigenvalue weighted by Crippen LogP contribution is 2.47. The SMILES string of the molecule is O=C1CC2CCC2CN2CC3(CCCc4cc(Cl)ccc43)COc3ccc(cc32)S(=O)(=O)N1. The van der Waals surface area contributed by atoms with Gasteiger partial charge in [-0.25, -0.2) is 13.1 Å². The Hall–Kier alpha value is -2.25. The Morgan fingerprint density at radius 2 is 1.97 bits per heavy atom. The molecule has 3 atom stereocenters.